The van der Waals surface area contributed by atoms with Crippen molar-refractivity contribution in [1.82, 2.24) is 4.40 Å². The second-order valence-electron chi connectivity index (χ2n) is 5.53. The second kappa shape index (κ2) is 6.20. The SMILES string of the molecule is COC(=O)c1cc(C(=O)c2ccc([N+](=O)[O-])cc2)n2ccc(C)cc12. The van der Waals surface area contributed by atoms with Gasteiger partial charge in [-0.25, -0.2) is 4.79 Å². The summed E-state index contributed by atoms with van der Waals surface area (Å²) in [6.07, 6.45) is 1.70. The summed E-state index contributed by atoms with van der Waals surface area (Å²) in [6, 6.07) is 10.4. The van der Waals surface area contributed by atoms with Gasteiger partial charge in [0.05, 0.1) is 28.8 Å². The molecule has 0 spiro atoms. The highest BCUT2D eigenvalue weighted by atomic mass is 16.6. The van der Waals surface area contributed by atoms with E-state index in [2.05, 4.69) is 0 Å². The second-order valence-corrected chi connectivity index (χ2v) is 5.53. The molecular formula is C18H14N2O5. The van der Waals surface area contributed by atoms with Gasteiger partial charge in [-0.2, -0.15) is 0 Å². The zero-order valence-corrected chi connectivity index (χ0v) is 13.6. The number of methoxy groups -OCH3 is 1. The van der Waals surface area contributed by atoms with E-state index in [4.69, 9.17) is 4.74 Å². The number of ketones is 1. The van der Waals surface area contributed by atoms with Gasteiger partial charge in [0.2, 0.25) is 5.78 Å². The standard InChI is InChI=1S/C18H14N2O5/c1-11-7-8-19-15(9-11)14(18(22)25-2)10-16(19)17(21)12-3-5-13(6-4-12)20(23)24/h3-10H,1-2H3. The van der Waals surface area contributed by atoms with Gasteiger partial charge in [0.25, 0.3) is 5.69 Å². The van der Waals surface area contributed by atoms with Crippen molar-refractivity contribution in [2.45, 2.75) is 6.92 Å². The van der Waals surface area contributed by atoms with Crippen molar-refractivity contribution < 1.29 is 19.2 Å². The number of esters is 1. The summed E-state index contributed by atoms with van der Waals surface area (Å²) in [5.74, 6) is -0.880. The normalized spacial score (nSPS) is 10.6. The minimum atomic E-state index is -0.536. The first kappa shape index (κ1) is 16.4. The number of nitro benzene ring substituents is 1. The number of aromatic nitrogens is 1. The highest BCUT2D eigenvalue weighted by molar-refractivity contribution is 6.11. The largest absolute Gasteiger partial charge is 0.465 e. The molecule has 0 amide bonds. The van der Waals surface area contributed by atoms with Crippen molar-refractivity contribution in [3.05, 3.63) is 81.2 Å². The smallest absolute Gasteiger partial charge is 0.340 e. The summed E-state index contributed by atoms with van der Waals surface area (Å²) in [7, 11) is 1.28. The molecule has 2 aromatic heterocycles. The van der Waals surface area contributed by atoms with Crippen LogP contribution in [0.25, 0.3) is 5.52 Å². The maximum absolute atomic E-state index is 12.8. The molecule has 7 heteroatoms. The average Bonchev–Trinajstić information content (AvgIpc) is 2.99. The van der Waals surface area contributed by atoms with Crippen LogP contribution < -0.4 is 0 Å². The molecule has 2 heterocycles. The fraction of sp³-hybridized carbons (Fsp3) is 0.111. The number of carbonyl (C=O) groups is 2. The van der Waals surface area contributed by atoms with Gasteiger partial charge >= 0.3 is 5.97 Å². The molecule has 7 nitrogen and oxygen atoms in total. The lowest BCUT2D eigenvalue weighted by Gasteiger charge is -2.04. The average molecular weight is 338 g/mol. The molecule has 0 saturated carbocycles. The lowest BCUT2D eigenvalue weighted by Crippen LogP contribution is -2.05. The van der Waals surface area contributed by atoms with Gasteiger partial charge in [-0.3, -0.25) is 14.9 Å². The van der Waals surface area contributed by atoms with E-state index < -0.39 is 10.9 Å². The van der Waals surface area contributed by atoms with E-state index >= 15 is 0 Å². The minimum absolute atomic E-state index is 0.0950. The summed E-state index contributed by atoms with van der Waals surface area (Å²) in [5, 5.41) is 10.7. The van der Waals surface area contributed by atoms with Crippen molar-refractivity contribution in [3.63, 3.8) is 0 Å². The van der Waals surface area contributed by atoms with Crippen molar-refractivity contribution in [1.29, 1.82) is 0 Å². The molecule has 0 bridgehead atoms. The molecule has 25 heavy (non-hydrogen) atoms. The molecule has 0 aliphatic heterocycles. The van der Waals surface area contributed by atoms with Gasteiger partial charge in [0.15, 0.2) is 0 Å². The van der Waals surface area contributed by atoms with Crippen molar-refractivity contribution in [2.75, 3.05) is 7.11 Å². The molecule has 3 rings (SSSR count). The third kappa shape index (κ3) is 2.87. The molecule has 0 radical (unpaired) electrons. The van der Waals surface area contributed by atoms with Crippen LogP contribution in [0, 0.1) is 17.0 Å². The Labute approximate surface area is 142 Å². The summed E-state index contributed by atoms with van der Waals surface area (Å²) >= 11 is 0. The van der Waals surface area contributed by atoms with E-state index in [-0.39, 0.29) is 22.7 Å². The molecular weight excluding hydrogens is 324 g/mol. The molecule has 0 saturated heterocycles. The summed E-state index contributed by atoms with van der Waals surface area (Å²) in [6.45, 7) is 1.88. The molecule has 0 aliphatic rings. The Morgan fingerprint density at radius 3 is 2.40 bits per heavy atom. The van der Waals surface area contributed by atoms with Gasteiger partial charge in [-0.15, -0.1) is 0 Å². The number of non-ortho nitro benzene ring substituents is 1. The van der Waals surface area contributed by atoms with E-state index in [1.54, 1.807) is 16.7 Å². The summed E-state index contributed by atoms with van der Waals surface area (Å²) < 4.78 is 6.40. The number of nitrogens with zero attached hydrogens (tertiary/aromatic N) is 2. The Hall–Kier alpha value is -3.48. The predicted molar refractivity (Wildman–Crippen MR) is 90.0 cm³/mol. The van der Waals surface area contributed by atoms with Crippen molar-refractivity contribution in [2.24, 2.45) is 0 Å². The van der Waals surface area contributed by atoms with E-state index in [1.807, 2.05) is 13.0 Å². The summed E-state index contributed by atoms with van der Waals surface area (Å²) in [5.41, 5.74) is 2.27. The van der Waals surface area contributed by atoms with Gasteiger partial charge in [-0.1, -0.05) is 0 Å². The summed E-state index contributed by atoms with van der Waals surface area (Å²) in [4.78, 5) is 35.0. The number of pyridine rings is 1. The maximum atomic E-state index is 12.8. The quantitative estimate of drug-likeness (QED) is 0.315. The van der Waals surface area contributed by atoms with Crippen LogP contribution in [0.2, 0.25) is 0 Å². The van der Waals surface area contributed by atoms with Gasteiger partial charge < -0.3 is 9.14 Å². The molecule has 0 unspecified atom stereocenters. The lowest BCUT2D eigenvalue weighted by molar-refractivity contribution is -0.384. The minimum Gasteiger partial charge on any atom is -0.465 e. The number of hydrogen-bond donors (Lipinski definition) is 0. The number of hydrogen-bond acceptors (Lipinski definition) is 5. The van der Waals surface area contributed by atoms with E-state index in [9.17, 15) is 19.7 Å². The first-order chi connectivity index (χ1) is 11.9. The first-order valence-corrected chi connectivity index (χ1v) is 7.41. The van der Waals surface area contributed by atoms with Crippen LogP contribution in [0.4, 0.5) is 5.69 Å². The predicted octanol–water partition coefficient (Wildman–Crippen LogP) is 3.17. The van der Waals surface area contributed by atoms with E-state index in [0.717, 1.165) is 5.56 Å². The van der Waals surface area contributed by atoms with Crippen LogP contribution in [-0.4, -0.2) is 28.2 Å². The van der Waals surface area contributed by atoms with Crippen molar-refractivity contribution >= 4 is 23.0 Å². The van der Waals surface area contributed by atoms with Crippen molar-refractivity contribution in [3.8, 4) is 0 Å². The third-order valence-electron chi connectivity index (χ3n) is 3.91. The van der Waals surface area contributed by atoms with Gasteiger partial charge in [0, 0.05) is 23.9 Å². The van der Waals surface area contributed by atoms with Gasteiger partial charge in [0.1, 0.15) is 0 Å². The molecule has 3 aromatic rings. The first-order valence-electron chi connectivity index (χ1n) is 7.41. The number of ether oxygens (including phenoxy) is 1. The molecule has 0 aliphatic carbocycles. The molecule has 0 N–H and O–H groups in total. The highest BCUT2D eigenvalue weighted by Gasteiger charge is 2.21. The van der Waals surface area contributed by atoms with Crippen LogP contribution >= 0.6 is 0 Å². The van der Waals surface area contributed by atoms with Gasteiger partial charge in [-0.05, 0) is 42.8 Å². The zero-order chi connectivity index (χ0) is 18.1. The number of benzene rings is 1. The topological polar surface area (TPSA) is 90.9 Å². The Balaban J connectivity index is 2.13. The Kier molecular flexibility index (Phi) is 4.06. The molecule has 1 aromatic carbocycles. The number of nitro groups is 1. The van der Waals surface area contributed by atoms with Crippen LogP contribution in [0.5, 0.6) is 0 Å². The van der Waals surface area contributed by atoms with Crippen LogP contribution in [0.15, 0.2) is 48.7 Å². The highest BCUT2D eigenvalue weighted by Crippen LogP contribution is 2.23. The monoisotopic (exact) mass is 338 g/mol. The molecule has 0 atom stereocenters. The zero-order valence-electron chi connectivity index (χ0n) is 13.6. The Bertz CT molecular complexity index is 1000. The number of carbonyl (C=O) groups excluding carboxylic acids is 2. The van der Waals surface area contributed by atoms with Crippen LogP contribution in [0.3, 0.4) is 0 Å². The van der Waals surface area contributed by atoms with Crippen LogP contribution in [-0.2, 0) is 4.74 Å². The Morgan fingerprint density at radius 2 is 1.80 bits per heavy atom. The van der Waals surface area contributed by atoms with Crippen LogP contribution in [0.1, 0.15) is 32.0 Å². The third-order valence-corrected chi connectivity index (χ3v) is 3.91. The maximum Gasteiger partial charge on any atom is 0.340 e. The lowest BCUT2D eigenvalue weighted by atomic mass is 10.1. The number of aryl methyl sites for hydroxylation is 1. The van der Waals surface area contributed by atoms with E-state index in [1.165, 1.54) is 37.4 Å². The van der Waals surface area contributed by atoms with E-state index in [0.29, 0.717) is 11.1 Å². The Morgan fingerprint density at radius 1 is 1.12 bits per heavy atom. The fourth-order valence-electron chi connectivity index (χ4n) is 2.63. The number of fused-ring (bicyclic) bond motifs is 1. The molecule has 126 valence electrons. The number of rotatable bonds is 4. The fourth-order valence-corrected chi connectivity index (χ4v) is 2.63. The molecule has 0 fully saturated rings.